The summed E-state index contributed by atoms with van der Waals surface area (Å²) in [6.07, 6.45) is 2.99. The molecule has 0 bridgehead atoms. The van der Waals surface area contributed by atoms with Gasteiger partial charge in [0.2, 0.25) is 0 Å². The van der Waals surface area contributed by atoms with Crippen LogP contribution in [0.2, 0.25) is 0 Å². The summed E-state index contributed by atoms with van der Waals surface area (Å²) in [5, 5.41) is 0. The van der Waals surface area contributed by atoms with E-state index in [0.717, 1.165) is 0 Å². The van der Waals surface area contributed by atoms with Crippen molar-refractivity contribution in [3.63, 3.8) is 0 Å². The van der Waals surface area contributed by atoms with E-state index in [9.17, 15) is 4.79 Å². The molecule has 1 N–H and O–H groups in total. The average molecular weight is 215 g/mol. The summed E-state index contributed by atoms with van der Waals surface area (Å²) in [6.45, 7) is 0. The standard InChI is InChI=1S/C8H11ClN4O/c1-13(2)5-12-8-7(6(14)3-9)10-4-11-8/h4-5H,3H2,1-2H3,(H,10,11)/b12-5-. The molecule has 0 aliphatic carbocycles. The highest BCUT2D eigenvalue weighted by Gasteiger charge is 2.11. The molecule has 0 amide bonds. The maximum Gasteiger partial charge on any atom is 0.197 e. The van der Waals surface area contributed by atoms with Gasteiger partial charge in [0.15, 0.2) is 11.6 Å². The lowest BCUT2D eigenvalue weighted by Gasteiger charge is -2.01. The van der Waals surface area contributed by atoms with Crippen LogP contribution in [0.25, 0.3) is 0 Å². The first kappa shape index (κ1) is 10.7. The maximum atomic E-state index is 11.2. The summed E-state index contributed by atoms with van der Waals surface area (Å²) in [5.74, 6) is 0.0755. The molecule has 0 aromatic carbocycles. The Labute approximate surface area is 86.8 Å². The van der Waals surface area contributed by atoms with Gasteiger partial charge in [-0.25, -0.2) is 9.98 Å². The largest absolute Gasteiger partial charge is 0.369 e. The number of aromatic nitrogens is 2. The third kappa shape index (κ3) is 2.56. The molecule has 1 aromatic rings. The lowest BCUT2D eigenvalue weighted by molar-refractivity contribution is 0.101. The third-order valence-corrected chi connectivity index (χ3v) is 1.67. The average Bonchev–Trinajstić information content (AvgIpc) is 2.61. The number of nitrogens with one attached hydrogen (secondary N) is 1. The van der Waals surface area contributed by atoms with Crippen LogP contribution in [0.3, 0.4) is 0 Å². The Kier molecular flexibility index (Phi) is 3.64. The summed E-state index contributed by atoms with van der Waals surface area (Å²) in [6, 6.07) is 0. The van der Waals surface area contributed by atoms with Gasteiger partial charge in [0.25, 0.3) is 0 Å². The maximum absolute atomic E-state index is 11.2. The van der Waals surface area contributed by atoms with Crippen molar-refractivity contribution in [3.05, 3.63) is 12.0 Å². The quantitative estimate of drug-likeness (QED) is 0.353. The number of halogens is 1. The van der Waals surface area contributed by atoms with Crippen LogP contribution in [0.4, 0.5) is 5.82 Å². The first-order chi connectivity index (χ1) is 6.65. The molecule has 6 heteroatoms. The lowest BCUT2D eigenvalue weighted by Crippen LogP contribution is -2.07. The van der Waals surface area contributed by atoms with Gasteiger partial charge in [-0.05, 0) is 0 Å². The van der Waals surface area contributed by atoms with Crippen molar-refractivity contribution < 1.29 is 4.79 Å². The highest BCUT2D eigenvalue weighted by atomic mass is 35.5. The van der Waals surface area contributed by atoms with Crippen LogP contribution in [0.5, 0.6) is 0 Å². The van der Waals surface area contributed by atoms with Crippen molar-refractivity contribution in [1.29, 1.82) is 0 Å². The summed E-state index contributed by atoms with van der Waals surface area (Å²) >= 11 is 5.42. The number of rotatable bonds is 4. The fraction of sp³-hybridized carbons (Fsp3) is 0.375. The minimum absolute atomic E-state index is 0.0767. The van der Waals surface area contributed by atoms with Crippen LogP contribution < -0.4 is 0 Å². The molecule has 0 unspecified atom stereocenters. The van der Waals surface area contributed by atoms with Crippen molar-refractivity contribution in [2.24, 2.45) is 4.99 Å². The Bertz CT molecular complexity index is 345. The van der Waals surface area contributed by atoms with Crippen LogP contribution in [0, 0.1) is 0 Å². The van der Waals surface area contributed by atoms with Crippen LogP contribution in [0.15, 0.2) is 11.3 Å². The number of H-pyrrole nitrogens is 1. The number of aliphatic imine (C=N–C) groups is 1. The molecule has 0 saturated carbocycles. The van der Waals surface area contributed by atoms with E-state index in [4.69, 9.17) is 11.6 Å². The Balaban J connectivity index is 2.88. The van der Waals surface area contributed by atoms with E-state index in [1.165, 1.54) is 6.33 Å². The van der Waals surface area contributed by atoms with Gasteiger partial charge in [-0.3, -0.25) is 4.79 Å². The number of hydrogen-bond donors (Lipinski definition) is 1. The zero-order valence-electron chi connectivity index (χ0n) is 7.99. The molecule has 0 saturated heterocycles. The van der Waals surface area contributed by atoms with Crippen LogP contribution in [-0.4, -0.2) is 47.0 Å². The summed E-state index contributed by atoms with van der Waals surface area (Å²) in [4.78, 5) is 23.6. The topological polar surface area (TPSA) is 61.4 Å². The van der Waals surface area contributed by atoms with E-state index in [1.807, 2.05) is 14.1 Å². The van der Waals surface area contributed by atoms with E-state index in [2.05, 4.69) is 15.0 Å². The molecular weight excluding hydrogens is 204 g/mol. The second-order valence-corrected chi connectivity index (χ2v) is 3.13. The number of nitrogens with zero attached hydrogens (tertiary/aromatic N) is 3. The van der Waals surface area contributed by atoms with Gasteiger partial charge in [-0.15, -0.1) is 11.6 Å². The number of Topliss-reactive ketones (excluding diaryl/α,β-unsaturated/α-hetero) is 1. The second-order valence-electron chi connectivity index (χ2n) is 2.87. The smallest absolute Gasteiger partial charge is 0.197 e. The molecular formula is C8H11ClN4O. The van der Waals surface area contributed by atoms with Gasteiger partial charge < -0.3 is 9.88 Å². The van der Waals surface area contributed by atoms with Crippen molar-refractivity contribution in [2.75, 3.05) is 20.0 Å². The molecule has 0 atom stereocenters. The second kappa shape index (κ2) is 4.76. The number of aromatic amines is 1. The molecule has 0 aliphatic rings. The Morgan fingerprint density at radius 1 is 1.79 bits per heavy atom. The summed E-state index contributed by atoms with van der Waals surface area (Å²) in [7, 11) is 3.67. The predicted octanol–water partition coefficient (Wildman–Crippen LogP) is 1.05. The molecule has 0 spiro atoms. The van der Waals surface area contributed by atoms with Gasteiger partial charge in [0.05, 0.1) is 18.5 Å². The van der Waals surface area contributed by atoms with Crippen molar-refractivity contribution >= 4 is 29.5 Å². The molecule has 0 radical (unpaired) electrons. The summed E-state index contributed by atoms with van der Waals surface area (Å²) in [5.41, 5.74) is 0.345. The molecule has 1 aromatic heterocycles. The number of carbonyl (C=O) groups excluding carboxylic acids is 1. The summed E-state index contributed by atoms with van der Waals surface area (Å²) < 4.78 is 0. The number of ketones is 1. The van der Waals surface area contributed by atoms with Crippen molar-refractivity contribution in [3.8, 4) is 0 Å². The molecule has 0 fully saturated rings. The van der Waals surface area contributed by atoms with Gasteiger partial charge in [-0.1, -0.05) is 0 Å². The molecule has 0 aliphatic heterocycles. The van der Waals surface area contributed by atoms with Crippen LogP contribution in [-0.2, 0) is 0 Å². The Morgan fingerprint density at radius 2 is 2.50 bits per heavy atom. The Morgan fingerprint density at radius 3 is 3.07 bits per heavy atom. The van der Waals surface area contributed by atoms with Crippen LogP contribution in [0.1, 0.15) is 10.5 Å². The van der Waals surface area contributed by atoms with Gasteiger partial charge in [0.1, 0.15) is 5.69 Å². The van der Waals surface area contributed by atoms with E-state index in [1.54, 1.807) is 11.2 Å². The van der Waals surface area contributed by atoms with E-state index in [-0.39, 0.29) is 11.7 Å². The van der Waals surface area contributed by atoms with E-state index in [0.29, 0.717) is 11.5 Å². The molecule has 14 heavy (non-hydrogen) atoms. The molecule has 1 rings (SSSR count). The number of alkyl halides is 1. The number of carbonyl (C=O) groups is 1. The lowest BCUT2D eigenvalue weighted by atomic mass is 10.3. The normalized spacial score (nSPS) is 10.8. The minimum Gasteiger partial charge on any atom is -0.369 e. The van der Waals surface area contributed by atoms with Crippen molar-refractivity contribution in [2.45, 2.75) is 0 Å². The fourth-order valence-electron chi connectivity index (χ4n) is 0.827. The zero-order chi connectivity index (χ0) is 10.6. The number of imidazole rings is 1. The van der Waals surface area contributed by atoms with Crippen LogP contribution >= 0.6 is 11.6 Å². The molecule has 1 heterocycles. The molecule has 76 valence electrons. The van der Waals surface area contributed by atoms with Gasteiger partial charge >= 0.3 is 0 Å². The number of hydrogen-bond acceptors (Lipinski definition) is 3. The van der Waals surface area contributed by atoms with E-state index >= 15 is 0 Å². The Hall–Kier alpha value is -1.36. The van der Waals surface area contributed by atoms with Gasteiger partial charge in [0, 0.05) is 14.1 Å². The first-order valence-corrected chi connectivity index (χ1v) is 4.51. The highest BCUT2D eigenvalue weighted by molar-refractivity contribution is 6.30. The molecule has 5 nitrogen and oxygen atoms in total. The predicted molar refractivity (Wildman–Crippen MR) is 55.5 cm³/mol. The monoisotopic (exact) mass is 214 g/mol. The SMILES string of the molecule is CN(C)/C=N\c1nc[nH]c1C(=O)CCl. The van der Waals surface area contributed by atoms with E-state index < -0.39 is 0 Å². The van der Waals surface area contributed by atoms with Crippen molar-refractivity contribution in [1.82, 2.24) is 14.9 Å². The minimum atomic E-state index is -0.213. The first-order valence-electron chi connectivity index (χ1n) is 3.98. The third-order valence-electron chi connectivity index (χ3n) is 1.43. The highest BCUT2D eigenvalue weighted by Crippen LogP contribution is 2.13. The fourth-order valence-corrected chi connectivity index (χ4v) is 0.961. The zero-order valence-corrected chi connectivity index (χ0v) is 8.75. The van der Waals surface area contributed by atoms with Gasteiger partial charge in [-0.2, -0.15) is 0 Å².